The van der Waals surface area contributed by atoms with Crippen molar-refractivity contribution in [1.29, 1.82) is 0 Å². The molecular weight excluding hydrogens is 365 g/mol. The topological polar surface area (TPSA) is 49.4 Å². The minimum Gasteiger partial charge on any atom is -0.305 e. The summed E-state index contributed by atoms with van der Waals surface area (Å²) in [5, 5.41) is 0. The molecule has 1 spiro atoms. The van der Waals surface area contributed by atoms with Crippen LogP contribution in [-0.2, 0) is 16.2 Å². The maximum absolute atomic E-state index is 13.2. The van der Waals surface area contributed by atoms with E-state index in [1.807, 2.05) is 7.05 Å². The van der Waals surface area contributed by atoms with Crippen LogP contribution in [-0.4, -0.2) is 40.0 Å². The molecule has 0 bridgehead atoms. The number of halogens is 3. The molecule has 1 aromatic rings. The largest absolute Gasteiger partial charge is 0.417 e. The van der Waals surface area contributed by atoms with E-state index in [4.69, 9.17) is 0 Å². The molecule has 8 heteroatoms. The summed E-state index contributed by atoms with van der Waals surface area (Å²) in [7, 11) is -2.21. The lowest BCUT2D eigenvalue weighted by atomic mass is 9.68. The van der Waals surface area contributed by atoms with Crippen molar-refractivity contribution < 1.29 is 21.6 Å². The first kappa shape index (κ1) is 19.6. The van der Waals surface area contributed by atoms with Gasteiger partial charge in [0.1, 0.15) is 0 Å². The monoisotopic (exact) mass is 390 g/mol. The Balaban J connectivity index is 1.79. The first-order valence-electron chi connectivity index (χ1n) is 8.98. The van der Waals surface area contributed by atoms with Crippen molar-refractivity contribution >= 4 is 10.0 Å². The van der Waals surface area contributed by atoms with E-state index in [9.17, 15) is 21.6 Å². The van der Waals surface area contributed by atoms with E-state index in [0.29, 0.717) is 0 Å². The molecule has 1 saturated heterocycles. The van der Waals surface area contributed by atoms with Gasteiger partial charge in [0, 0.05) is 19.6 Å². The molecule has 1 aliphatic heterocycles. The molecule has 26 heavy (non-hydrogen) atoms. The molecule has 0 amide bonds. The van der Waals surface area contributed by atoms with Gasteiger partial charge in [0.25, 0.3) is 0 Å². The molecular formula is C18H25F3N2O2S. The predicted octanol–water partition coefficient (Wildman–Crippen LogP) is 3.50. The average molecular weight is 390 g/mol. The summed E-state index contributed by atoms with van der Waals surface area (Å²) in [4.78, 5) is 1.50. The molecule has 1 saturated carbocycles. The number of sulfonamides is 1. The van der Waals surface area contributed by atoms with Gasteiger partial charge in [-0.1, -0.05) is 31.4 Å². The number of nitrogens with zero attached hydrogens (tertiary/aromatic N) is 1. The van der Waals surface area contributed by atoms with Crippen molar-refractivity contribution in [3.8, 4) is 0 Å². The summed E-state index contributed by atoms with van der Waals surface area (Å²) in [6.45, 7) is 1.88. The van der Waals surface area contributed by atoms with Gasteiger partial charge in [-0.25, -0.2) is 13.1 Å². The second-order valence-corrected chi connectivity index (χ2v) is 9.40. The van der Waals surface area contributed by atoms with Gasteiger partial charge in [-0.3, -0.25) is 0 Å². The fraction of sp³-hybridized carbons (Fsp3) is 0.667. The van der Waals surface area contributed by atoms with Gasteiger partial charge < -0.3 is 4.90 Å². The SMILES string of the molecule is CN1CC(CNS(=O)(=O)c2ccccc2C(F)(F)F)C2(CCCCC2)C1. The molecule has 1 heterocycles. The Hall–Kier alpha value is -1.12. The summed E-state index contributed by atoms with van der Waals surface area (Å²) < 4.78 is 67.1. The highest BCUT2D eigenvalue weighted by atomic mass is 32.2. The molecule has 1 aromatic carbocycles. The number of hydrogen-bond acceptors (Lipinski definition) is 3. The van der Waals surface area contributed by atoms with Gasteiger partial charge in [-0.2, -0.15) is 13.2 Å². The average Bonchev–Trinajstić information content (AvgIpc) is 2.88. The minimum atomic E-state index is -4.70. The summed E-state index contributed by atoms with van der Waals surface area (Å²) in [6.07, 6.45) is 0.875. The smallest absolute Gasteiger partial charge is 0.305 e. The summed E-state index contributed by atoms with van der Waals surface area (Å²) in [5.74, 6) is 0.126. The van der Waals surface area contributed by atoms with Crippen LogP contribution in [0.15, 0.2) is 29.2 Å². The van der Waals surface area contributed by atoms with Gasteiger partial charge in [0.15, 0.2) is 0 Å². The lowest BCUT2D eigenvalue weighted by Gasteiger charge is -2.38. The van der Waals surface area contributed by atoms with Gasteiger partial charge in [-0.15, -0.1) is 0 Å². The van der Waals surface area contributed by atoms with Crippen LogP contribution in [0, 0.1) is 11.3 Å². The van der Waals surface area contributed by atoms with Crippen LogP contribution >= 0.6 is 0 Å². The van der Waals surface area contributed by atoms with Crippen LogP contribution < -0.4 is 4.72 Å². The first-order valence-corrected chi connectivity index (χ1v) is 10.5. The van der Waals surface area contributed by atoms with E-state index in [2.05, 4.69) is 9.62 Å². The standard InChI is InChI=1S/C18H25F3N2O2S/c1-23-12-14(17(13-23)9-5-2-6-10-17)11-22-26(24,25)16-8-4-3-7-15(16)18(19,20)21/h3-4,7-8,14,22H,2,5-6,9-13H2,1H3. The molecule has 2 fully saturated rings. The van der Waals surface area contributed by atoms with E-state index in [1.54, 1.807) is 0 Å². The van der Waals surface area contributed by atoms with Crippen molar-refractivity contribution in [2.75, 3.05) is 26.7 Å². The van der Waals surface area contributed by atoms with Gasteiger partial charge in [0.05, 0.1) is 10.5 Å². The third-order valence-electron chi connectivity index (χ3n) is 5.83. The van der Waals surface area contributed by atoms with Crippen molar-refractivity contribution in [2.45, 2.75) is 43.2 Å². The first-order chi connectivity index (χ1) is 12.1. The number of hydrogen-bond donors (Lipinski definition) is 1. The molecule has 1 unspecified atom stereocenters. The zero-order valence-electron chi connectivity index (χ0n) is 14.8. The highest BCUT2D eigenvalue weighted by molar-refractivity contribution is 7.89. The van der Waals surface area contributed by atoms with E-state index >= 15 is 0 Å². The maximum Gasteiger partial charge on any atom is 0.417 e. The zero-order valence-corrected chi connectivity index (χ0v) is 15.7. The third-order valence-corrected chi connectivity index (χ3v) is 7.32. The summed E-state index contributed by atoms with van der Waals surface area (Å²) >= 11 is 0. The Morgan fingerprint density at radius 1 is 1.19 bits per heavy atom. The van der Waals surface area contributed by atoms with Gasteiger partial charge in [-0.05, 0) is 43.4 Å². The van der Waals surface area contributed by atoms with E-state index in [-0.39, 0.29) is 17.9 Å². The van der Waals surface area contributed by atoms with E-state index in [1.165, 1.54) is 18.6 Å². The summed E-state index contributed by atoms with van der Waals surface area (Å²) in [6, 6.07) is 4.34. The molecule has 4 nitrogen and oxygen atoms in total. The number of benzene rings is 1. The number of nitrogens with one attached hydrogen (secondary N) is 1. The van der Waals surface area contributed by atoms with Crippen molar-refractivity contribution in [2.24, 2.45) is 11.3 Å². The fourth-order valence-electron chi connectivity index (χ4n) is 4.63. The third kappa shape index (κ3) is 3.92. The molecule has 0 radical (unpaired) electrons. The van der Waals surface area contributed by atoms with E-state index in [0.717, 1.165) is 50.9 Å². The lowest BCUT2D eigenvalue weighted by molar-refractivity contribution is -0.139. The molecule has 1 N–H and O–H groups in total. The molecule has 1 atom stereocenters. The van der Waals surface area contributed by atoms with Crippen LogP contribution in [0.2, 0.25) is 0 Å². The highest BCUT2D eigenvalue weighted by Gasteiger charge is 2.46. The lowest BCUT2D eigenvalue weighted by Crippen LogP contribution is -2.40. The van der Waals surface area contributed by atoms with Crippen molar-refractivity contribution in [3.05, 3.63) is 29.8 Å². The van der Waals surface area contributed by atoms with Crippen LogP contribution in [0.3, 0.4) is 0 Å². The molecule has 2 aliphatic rings. The number of alkyl halides is 3. The van der Waals surface area contributed by atoms with Gasteiger partial charge in [0.2, 0.25) is 10.0 Å². The van der Waals surface area contributed by atoms with Crippen LogP contribution in [0.1, 0.15) is 37.7 Å². The Bertz CT molecular complexity index is 743. The van der Waals surface area contributed by atoms with Crippen LogP contribution in [0.5, 0.6) is 0 Å². The Labute approximate surface area is 152 Å². The second kappa shape index (κ2) is 7.13. The fourth-order valence-corrected chi connectivity index (χ4v) is 5.93. The molecule has 1 aliphatic carbocycles. The Morgan fingerprint density at radius 2 is 1.85 bits per heavy atom. The van der Waals surface area contributed by atoms with Crippen LogP contribution in [0.25, 0.3) is 0 Å². The highest BCUT2D eigenvalue weighted by Crippen LogP contribution is 2.47. The molecule has 0 aromatic heterocycles. The minimum absolute atomic E-state index is 0.0824. The van der Waals surface area contributed by atoms with E-state index < -0.39 is 26.7 Å². The number of rotatable bonds is 4. The Morgan fingerprint density at radius 3 is 2.50 bits per heavy atom. The molecule has 146 valence electrons. The van der Waals surface area contributed by atoms with Crippen molar-refractivity contribution in [3.63, 3.8) is 0 Å². The molecule has 3 rings (SSSR count). The quantitative estimate of drug-likeness (QED) is 0.856. The summed E-state index contributed by atoms with van der Waals surface area (Å²) in [5.41, 5.74) is -1.04. The maximum atomic E-state index is 13.2. The second-order valence-electron chi connectivity index (χ2n) is 7.66. The van der Waals surface area contributed by atoms with Crippen LogP contribution in [0.4, 0.5) is 13.2 Å². The van der Waals surface area contributed by atoms with Gasteiger partial charge >= 0.3 is 6.18 Å². The van der Waals surface area contributed by atoms with Crippen molar-refractivity contribution in [1.82, 2.24) is 9.62 Å². The Kier molecular flexibility index (Phi) is 5.38. The number of likely N-dealkylation sites (tertiary alicyclic amines) is 1. The normalized spacial score (nSPS) is 24.2. The predicted molar refractivity (Wildman–Crippen MR) is 93.1 cm³/mol. The zero-order chi connectivity index (χ0) is 19.0.